The van der Waals surface area contributed by atoms with Gasteiger partial charge in [0.05, 0.1) is 24.3 Å². The topological polar surface area (TPSA) is 138 Å². The van der Waals surface area contributed by atoms with Gasteiger partial charge in [0.25, 0.3) is 0 Å². The van der Waals surface area contributed by atoms with Crippen LogP contribution in [0, 0.1) is 13.8 Å². The first-order chi connectivity index (χ1) is 23.6. The van der Waals surface area contributed by atoms with Crippen molar-refractivity contribution >= 4 is 30.5 Å². The SMILES string of the molecule is C=CC(=O)OCCCCOc1ccc(C(=O)Oc2ccc(OC(=O)c3ccc(COc4ccc(B(O)O)cc4)cc3)c(C)c2C)cc1.CC. The molecular weight excluding hydrogens is 627 g/mol. The first kappa shape index (κ1) is 38.1. The Labute approximate surface area is 287 Å². The number of benzene rings is 4. The normalized spacial score (nSPS) is 10.2. The highest BCUT2D eigenvalue weighted by Crippen LogP contribution is 2.30. The standard InChI is InChI=1S/C36H35BO10.C2H6/c1-4-34(38)44-22-6-5-21-43-30-15-11-28(12-16-30)36(40)47-33-20-19-32(24(2)25(33)3)46-35(39)27-9-7-26(8-10-27)23-45-31-17-13-29(14-18-31)37(41)42;1-2/h4,7-20,41-42H,1,5-6,21-23H2,2-3H3;1-2H3. The first-order valence-corrected chi connectivity index (χ1v) is 15.9. The third-order valence-corrected chi connectivity index (χ3v) is 7.17. The number of carbonyl (C=O) groups is 3. The van der Waals surface area contributed by atoms with E-state index in [9.17, 15) is 24.4 Å². The van der Waals surface area contributed by atoms with E-state index in [-0.39, 0.29) is 6.61 Å². The second kappa shape index (κ2) is 19.4. The van der Waals surface area contributed by atoms with Gasteiger partial charge in [-0.15, -0.1) is 0 Å². The molecule has 0 radical (unpaired) electrons. The monoisotopic (exact) mass is 668 g/mol. The van der Waals surface area contributed by atoms with Gasteiger partial charge in [0.2, 0.25) is 0 Å². The number of rotatable bonds is 15. The molecule has 11 heteroatoms. The molecule has 0 unspecified atom stereocenters. The van der Waals surface area contributed by atoms with Gasteiger partial charge in [0.15, 0.2) is 0 Å². The average Bonchev–Trinajstić information content (AvgIpc) is 3.13. The molecule has 0 aliphatic carbocycles. The highest BCUT2D eigenvalue weighted by atomic mass is 16.5. The molecule has 2 N–H and O–H groups in total. The molecule has 0 atom stereocenters. The summed E-state index contributed by atoms with van der Waals surface area (Å²) in [7, 11) is -1.54. The Kier molecular flexibility index (Phi) is 15.1. The van der Waals surface area contributed by atoms with Gasteiger partial charge in [-0.3, -0.25) is 0 Å². The van der Waals surface area contributed by atoms with Crippen molar-refractivity contribution in [3.05, 3.63) is 125 Å². The molecule has 0 heterocycles. The summed E-state index contributed by atoms with van der Waals surface area (Å²) in [5, 5.41) is 18.4. The van der Waals surface area contributed by atoms with Crippen LogP contribution in [-0.4, -0.2) is 48.3 Å². The lowest BCUT2D eigenvalue weighted by Crippen LogP contribution is -2.29. The van der Waals surface area contributed by atoms with Crippen LogP contribution in [0.1, 0.15) is 64.1 Å². The van der Waals surface area contributed by atoms with Crippen molar-refractivity contribution in [1.82, 2.24) is 0 Å². The Hall–Kier alpha value is -5.39. The van der Waals surface area contributed by atoms with Gasteiger partial charge in [-0.25, -0.2) is 14.4 Å². The maximum Gasteiger partial charge on any atom is 0.488 e. The van der Waals surface area contributed by atoms with E-state index in [0.29, 0.717) is 76.8 Å². The predicted molar refractivity (Wildman–Crippen MR) is 187 cm³/mol. The number of unbranched alkanes of at least 4 members (excludes halogenated alkanes) is 1. The van der Waals surface area contributed by atoms with E-state index < -0.39 is 25.0 Å². The lowest BCUT2D eigenvalue weighted by atomic mass is 9.80. The van der Waals surface area contributed by atoms with Gasteiger partial charge < -0.3 is 33.7 Å². The lowest BCUT2D eigenvalue weighted by Gasteiger charge is -2.14. The van der Waals surface area contributed by atoms with Gasteiger partial charge in [-0.05, 0) is 110 Å². The summed E-state index contributed by atoms with van der Waals surface area (Å²) < 4.78 is 27.6. The van der Waals surface area contributed by atoms with E-state index in [0.717, 1.165) is 11.6 Å². The molecule has 49 heavy (non-hydrogen) atoms. The lowest BCUT2D eigenvalue weighted by molar-refractivity contribution is -0.137. The van der Waals surface area contributed by atoms with Crippen LogP contribution < -0.4 is 24.4 Å². The van der Waals surface area contributed by atoms with Gasteiger partial charge >= 0.3 is 25.0 Å². The zero-order valence-electron chi connectivity index (χ0n) is 28.1. The molecule has 10 nitrogen and oxygen atoms in total. The maximum absolute atomic E-state index is 12.9. The molecule has 0 spiro atoms. The van der Waals surface area contributed by atoms with E-state index in [4.69, 9.17) is 23.7 Å². The van der Waals surface area contributed by atoms with Crippen LogP contribution in [0.4, 0.5) is 0 Å². The van der Waals surface area contributed by atoms with E-state index >= 15 is 0 Å². The van der Waals surface area contributed by atoms with Crippen LogP contribution in [-0.2, 0) is 16.1 Å². The second-order valence-corrected chi connectivity index (χ2v) is 10.5. The summed E-state index contributed by atoms with van der Waals surface area (Å²) in [4.78, 5) is 36.7. The third kappa shape index (κ3) is 11.7. The van der Waals surface area contributed by atoms with Crippen LogP contribution >= 0.6 is 0 Å². The van der Waals surface area contributed by atoms with E-state index in [1.54, 1.807) is 98.8 Å². The first-order valence-electron chi connectivity index (χ1n) is 15.9. The minimum absolute atomic E-state index is 0.255. The van der Waals surface area contributed by atoms with E-state index in [1.165, 1.54) is 0 Å². The van der Waals surface area contributed by atoms with Crippen molar-refractivity contribution in [1.29, 1.82) is 0 Å². The van der Waals surface area contributed by atoms with Crippen LogP contribution in [0.2, 0.25) is 0 Å². The number of esters is 3. The number of hydrogen-bond donors (Lipinski definition) is 2. The Balaban J connectivity index is 0.00000319. The molecular formula is C38H41BO10. The molecule has 0 fully saturated rings. The molecule has 0 bridgehead atoms. The fourth-order valence-electron chi connectivity index (χ4n) is 4.26. The van der Waals surface area contributed by atoms with Crippen molar-refractivity contribution in [3.8, 4) is 23.0 Å². The Morgan fingerprint density at radius 2 is 1.14 bits per heavy atom. The highest BCUT2D eigenvalue weighted by molar-refractivity contribution is 6.58. The van der Waals surface area contributed by atoms with Gasteiger partial charge in [-0.1, -0.05) is 44.7 Å². The summed E-state index contributed by atoms with van der Waals surface area (Å²) in [5.41, 5.74) is 3.19. The van der Waals surface area contributed by atoms with Crippen molar-refractivity contribution in [3.63, 3.8) is 0 Å². The highest BCUT2D eigenvalue weighted by Gasteiger charge is 2.17. The van der Waals surface area contributed by atoms with Gasteiger partial charge in [-0.2, -0.15) is 0 Å². The molecule has 0 aromatic heterocycles. The summed E-state index contributed by atoms with van der Waals surface area (Å²) >= 11 is 0. The molecule has 4 aromatic carbocycles. The third-order valence-electron chi connectivity index (χ3n) is 7.17. The minimum atomic E-state index is -1.54. The summed E-state index contributed by atoms with van der Waals surface area (Å²) in [5.74, 6) is 0.314. The predicted octanol–water partition coefficient (Wildman–Crippen LogP) is 5.92. The quantitative estimate of drug-likeness (QED) is 0.0517. The Bertz CT molecular complexity index is 1680. The maximum atomic E-state index is 12.9. The van der Waals surface area contributed by atoms with Crippen molar-refractivity contribution in [2.75, 3.05) is 13.2 Å². The van der Waals surface area contributed by atoms with Crippen LogP contribution in [0.3, 0.4) is 0 Å². The Morgan fingerprint density at radius 1 is 0.673 bits per heavy atom. The molecule has 256 valence electrons. The zero-order chi connectivity index (χ0) is 35.8. The summed E-state index contributed by atoms with van der Waals surface area (Å²) in [6.45, 7) is 11.9. The molecule has 0 amide bonds. The van der Waals surface area contributed by atoms with Crippen molar-refractivity contribution in [2.45, 2.75) is 47.1 Å². The molecule has 0 saturated heterocycles. The summed E-state index contributed by atoms with van der Waals surface area (Å²) in [6.07, 6.45) is 2.47. The molecule has 4 aromatic rings. The summed E-state index contributed by atoms with van der Waals surface area (Å²) in [6, 6.07) is 23.0. The number of hydrogen-bond acceptors (Lipinski definition) is 10. The smallest absolute Gasteiger partial charge is 0.488 e. The van der Waals surface area contributed by atoms with Crippen molar-refractivity contribution < 1.29 is 48.1 Å². The van der Waals surface area contributed by atoms with E-state index in [1.807, 2.05) is 13.8 Å². The van der Waals surface area contributed by atoms with Crippen molar-refractivity contribution in [2.24, 2.45) is 0 Å². The molecule has 0 aliphatic rings. The fourth-order valence-corrected chi connectivity index (χ4v) is 4.26. The second-order valence-electron chi connectivity index (χ2n) is 10.5. The van der Waals surface area contributed by atoms with E-state index in [2.05, 4.69) is 6.58 Å². The van der Waals surface area contributed by atoms with Gasteiger partial charge in [0, 0.05) is 6.08 Å². The number of carbonyl (C=O) groups excluding carboxylic acids is 3. The van der Waals surface area contributed by atoms with Crippen LogP contribution in [0.15, 0.2) is 97.6 Å². The molecule has 0 aliphatic heterocycles. The van der Waals surface area contributed by atoms with Gasteiger partial charge in [0.1, 0.15) is 29.6 Å². The number of ether oxygens (including phenoxy) is 5. The minimum Gasteiger partial charge on any atom is -0.494 e. The zero-order valence-corrected chi connectivity index (χ0v) is 28.1. The van der Waals surface area contributed by atoms with Crippen LogP contribution in [0.5, 0.6) is 23.0 Å². The Morgan fingerprint density at radius 3 is 1.65 bits per heavy atom. The molecule has 0 saturated carbocycles. The average molecular weight is 669 g/mol. The van der Waals surface area contributed by atoms with Crippen LogP contribution in [0.25, 0.3) is 0 Å². The largest absolute Gasteiger partial charge is 0.494 e. The fraction of sp³-hybridized carbons (Fsp3) is 0.237. The molecule has 4 rings (SSSR count).